The lowest BCUT2D eigenvalue weighted by molar-refractivity contribution is -0.148. The zero-order valence-electron chi connectivity index (χ0n) is 11.8. The van der Waals surface area contributed by atoms with Crippen molar-refractivity contribution in [2.75, 3.05) is 14.2 Å². The van der Waals surface area contributed by atoms with Gasteiger partial charge in [0.05, 0.1) is 26.1 Å². The summed E-state index contributed by atoms with van der Waals surface area (Å²) in [5.74, 6) is -1.46. The molecule has 5 nitrogen and oxygen atoms in total. The van der Waals surface area contributed by atoms with E-state index >= 15 is 0 Å². The number of fused-ring (bicyclic) bond motifs is 1. The normalized spacial score (nSPS) is 32.5. The van der Waals surface area contributed by atoms with Gasteiger partial charge in [-0.1, -0.05) is 19.1 Å². The summed E-state index contributed by atoms with van der Waals surface area (Å²) in [6, 6.07) is 0. The number of ether oxygens (including phenoxy) is 2. The molecule has 0 fully saturated rings. The van der Waals surface area contributed by atoms with E-state index in [1.165, 1.54) is 20.3 Å². The Morgan fingerprint density at radius 1 is 1.40 bits per heavy atom. The van der Waals surface area contributed by atoms with E-state index < -0.39 is 17.3 Å². The molecule has 0 radical (unpaired) electrons. The molecular formula is C15H18O5. The quantitative estimate of drug-likeness (QED) is 0.577. The topological polar surface area (TPSA) is 69.7 Å². The van der Waals surface area contributed by atoms with Gasteiger partial charge in [0.2, 0.25) is 5.78 Å². The van der Waals surface area contributed by atoms with Gasteiger partial charge in [-0.15, -0.1) is 0 Å². The van der Waals surface area contributed by atoms with E-state index in [2.05, 4.69) is 4.74 Å². The van der Waals surface area contributed by atoms with Gasteiger partial charge in [0.25, 0.3) is 0 Å². The van der Waals surface area contributed by atoms with Crippen LogP contribution in [0.4, 0.5) is 0 Å². The molecule has 20 heavy (non-hydrogen) atoms. The number of hydrogen-bond acceptors (Lipinski definition) is 5. The van der Waals surface area contributed by atoms with Crippen LogP contribution in [0.15, 0.2) is 24.0 Å². The van der Waals surface area contributed by atoms with Gasteiger partial charge in [0, 0.05) is 17.9 Å². The third kappa shape index (κ3) is 2.07. The Morgan fingerprint density at radius 3 is 2.70 bits per heavy atom. The van der Waals surface area contributed by atoms with E-state index in [0.29, 0.717) is 6.42 Å². The number of ketones is 2. The van der Waals surface area contributed by atoms with E-state index in [1.54, 1.807) is 6.92 Å². The van der Waals surface area contributed by atoms with Crippen LogP contribution in [0.1, 0.15) is 19.8 Å². The van der Waals surface area contributed by atoms with Crippen LogP contribution in [0.25, 0.3) is 0 Å². The molecule has 2 rings (SSSR count). The fourth-order valence-corrected chi connectivity index (χ4v) is 3.08. The Morgan fingerprint density at radius 2 is 2.10 bits per heavy atom. The Hall–Kier alpha value is -1.91. The molecule has 0 unspecified atom stereocenters. The summed E-state index contributed by atoms with van der Waals surface area (Å²) in [7, 11) is 2.68. The standard InChI is InChI=1S/C15H18O5/c1-15-9(7-13(17)20-3)5-4-6-10(15)11(16)8-12(19-2)14(15)18/h4-5,8-10H,6-7H2,1-3H3/t9-,10-,15-/m1/s1. The SMILES string of the molecule is COC(=O)C[C@H]1C=CC[C@@H]2C(=O)C=C(OC)C(=O)[C@]12C. The first-order chi connectivity index (χ1) is 9.44. The third-order valence-electron chi connectivity index (χ3n) is 4.40. The molecule has 0 heterocycles. The summed E-state index contributed by atoms with van der Waals surface area (Å²) in [5.41, 5.74) is -0.944. The fraction of sp³-hybridized carbons (Fsp3) is 0.533. The second kappa shape index (κ2) is 5.23. The number of Topliss-reactive ketones (excluding diaryl/α,β-unsaturated/α-hetero) is 1. The predicted molar refractivity (Wildman–Crippen MR) is 70.6 cm³/mol. The van der Waals surface area contributed by atoms with Crippen LogP contribution in [0.5, 0.6) is 0 Å². The van der Waals surface area contributed by atoms with Crippen molar-refractivity contribution in [2.24, 2.45) is 17.3 Å². The average Bonchev–Trinajstić information content (AvgIpc) is 2.44. The van der Waals surface area contributed by atoms with Crippen LogP contribution in [0, 0.1) is 17.3 Å². The summed E-state index contributed by atoms with van der Waals surface area (Å²) in [6.45, 7) is 1.74. The number of methoxy groups -OCH3 is 2. The average molecular weight is 278 g/mol. The molecule has 2 aliphatic rings. The zero-order valence-corrected chi connectivity index (χ0v) is 11.8. The maximum atomic E-state index is 12.6. The number of carbonyl (C=O) groups excluding carboxylic acids is 3. The summed E-state index contributed by atoms with van der Waals surface area (Å²) in [5, 5.41) is 0. The van der Waals surface area contributed by atoms with Gasteiger partial charge >= 0.3 is 5.97 Å². The van der Waals surface area contributed by atoms with Gasteiger partial charge in [0.1, 0.15) is 0 Å². The highest BCUT2D eigenvalue weighted by atomic mass is 16.5. The molecule has 0 N–H and O–H groups in total. The maximum absolute atomic E-state index is 12.6. The number of rotatable bonds is 3. The summed E-state index contributed by atoms with van der Waals surface area (Å²) >= 11 is 0. The molecule has 0 aliphatic heterocycles. The molecular weight excluding hydrogens is 260 g/mol. The molecule has 0 amide bonds. The van der Waals surface area contributed by atoms with Gasteiger partial charge in [-0.3, -0.25) is 14.4 Å². The van der Waals surface area contributed by atoms with Gasteiger partial charge in [-0.25, -0.2) is 0 Å². The van der Waals surface area contributed by atoms with E-state index in [1.807, 2.05) is 12.2 Å². The molecule has 0 aromatic carbocycles. The first kappa shape index (κ1) is 14.5. The van der Waals surface area contributed by atoms with Gasteiger partial charge in [-0.2, -0.15) is 0 Å². The Kier molecular flexibility index (Phi) is 3.79. The largest absolute Gasteiger partial charge is 0.493 e. The fourth-order valence-electron chi connectivity index (χ4n) is 3.08. The van der Waals surface area contributed by atoms with Crippen molar-refractivity contribution >= 4 is 17.5 Å². The van der Waals surface area contributed by atoms with Crippen molar-refractivity contribution in [2.45, 2.75) is 19.8 Å². The monoisotopic (exact) mass is 278 g/mol. The van der Waals surface area contributed by atoms with Crippen LogP contribution in [0.3, 0.4) is 0 Å². The molecule has 0 spiro atoms. The predicted octanol–water partition coefficient (Wildman–Crippen LogP) is 1.43. The molecule has 108 valence electrons. The van der Waals surface area contributed by atoms with Crippen LogP contribution < -0.4 is 0 Å². The number of esters is 1. The lowest BCUT2D eigenvalue weighted by Gasteiger charge is -2.44. The first-order valence-electron chi connectivity index (χ1n) is 6.53. The van der Waals surface area contributed by atoms with E-state index in [-0.39, 0.29) is 29.7 Å². The first-order valence-corrected chi connectivity index (χ1v) is 6.53. The van der Waals surface area contributed by atoms with E-state index in [4.69, 9.17) is 4.74 Å². The maximum Gasteiger partial charge on any atom is 0.306 e. The number of carbonyl (C=O) groups is 3. The molecule has 2 aliphatic carbocycles. The Balaban J connectivity index is 2.42. The minimum atomic E-state index is -0.944. The molecule has 0 aromatic rings. The van der Waals surface area contributed by atoms with Crippen molar-refractivity contribution in [1.29, 1.82) is 0 Å². The Labute approximate surface area is 117 Å². The van der Waals surface area contributed by atoms with Crippen molar-refractivity contribution in [1.82, 2.24) is 0 Å². The smallest absolute Gasteiger partial charge is 0.306 e. The van der Waals surface area contributed by atoms with Gasteiger partial charge < -0.3 is 9.47 Å². The number of allylic oxidation sites excluding steroid dienone is 4. The van der Waals surface area contributed by atoms with Crippen molar-refractivity contribution in [3.63, 3.8) is 0 Å². The number of hydrogen-bond donors (Lipinski definition) is 0. The minimum absolute atomic E-state index is 0.0684. The third-order valence-corrected chi connectivity index (χ3v) is 4.40. The second-order valence-electron chi connectivity index (χ2n) is 5.33. The summed E-state index contributed by atoms with van der Waals surface area (Å²) in [4.78, 5) is 36.3. The van der Waals surface area contributed by atoms with Crippen molar-refractivity contribution in [3.8, 4) is 0 Å². The lowest BCUT2D eigenvalue weighted by Crippen LogP contribution is -2.50. The highest BCUT2D eigenvalue weighted by molar-refractivity contribution is 6.12. The molecule has 0 aromatic heterocycles. The second-order valence-corrected chi connectivity index (χ2v) is 5.33. The van der Waals surface area contributed by atoms with E-state index in [9.17, 15) is 14.4 Å². The minimum Gasteiger partial charge on any atom is -0.493 e. The zero-order chi connectivity index (χ0) is 14.9. The van der Waals surface area contributed by atoms with Crippen molar-refractivity contribution < 1.29 is 23.9 Å². The van der Waals surface area contributed by atoms with Crippen LogP contribution in [-0.2, 0) is 23.9 Å². The van der Waals surface area contributed by atoms with Gasteiger partial charge in [0.15, 0.2) is 11.5 Å². The summed E-state index contributed by atoms with van der Waals surface area (Å²) < 4.78 is 9.70. The van der Waals surface area contributed by atoms with Crippen molar-refractivity contribution in [3.05, 3.63) is 24.0 Å². The lowest BCUT2D eigenvalue weighted by atomic mass is 9.57. The van der Waals surface area contributed by atoms with Crippen LogP contribution in [0.2, 0.25) is 0 Å². The molecule has 0 bridgehead atoms. The van der Waals surface area contributed by atoms with Gasteiger partial charge in [-0.05, 0) is 6.42 Å². The van der Waals surface area contributed by atoms with E-state index in [0.717, 1.165) is 0 Å². The van der Waals surface area contributed by atoms with Crippen LogP contribution in [-0.4, -0.2) is 31.8 Å². The molecule has 0 saturated carbocycles. The Bertz CT molecular complexity index is 516. The molecule has 3 atom stereocenters. The molecule has 5 heteroatoms. The highest BCUT2D eigenvalue weighted by Gasteiger charge is 2.54. The summed E-state index contributed by atoms with van der Waals surface area (Å²) in [6.07, 6.45) is 5.54. The highest BCUT2D eigenvalue weighted by Crippen LogP contribution is 2.48. The molecule has 0 saturated heterocycles. The van der Waals surface area contributed by atoms with Crippen LogP contribution >= 0.6 is 0 Å².